The van der Waals surface area contributed by atoms with Crippen LogP contribution in [0.25, 0.3) is 0 Å². The van der Waals surface area contributed by atoms with E-state index in [0.29, 0.717) is 6.54 Å². The molecule has 0 saturated carbocycles. The summed E-state index contributed by atoms with van der Waals surface area (Å²) < 4.78 is 0.765. The summed E-state index contributed by atoms with van der Waals surface area (Å²) in [5.74, 6) is 0.0898. The van der Waals surface area contributed by atoms with Crippen LogP contribution in [0.15, 0.2) is 48.5 Å². The second-order valence-corrected chi connectivity index (χ2v) is 6.59. The molecule has 0 saturated heterocycles. The largest absolute Gasteiger partial charge is 0.870 e. The van der Waals surface area contributed by atoms with E-state index in [0.717, 1.165) is 40.9 Å². The summed E-state index contributed by atoms with van der Waals surface area (Å²) in [6.45, 7) is 11.7. The minimum atomic E-state index is 0. The number of rotatable bonds is 7. The van der Waals surface area contributed by atoms with Crippen LogP contribution in [0.2, 0.25) is 0 Å². The van der Waals surface area contributed by atoms with E-state index in [-0.39, 0.29) is 11.4 Å². The summed E-state index contributed by atoms with van der Waals surface area (Å²) in [5, 5.41) is 3.13. The molecule has 0 radical (unpaired) electrons. The van der Waals surface area contributed by atoms with E-state index < -0.39 is 0 Å². The Kier molecular flexibility index (Phi) is 7.81. The first kappa shape index (κ1) is 20.9. The molecule has 2 aromatic carbocycles. The van der Waals surface area contributed by atoms with Crippen molar-refractivity contribution in [2.24, 2.45) is 0 Å². The monoisotopic (exact) mass is 342 g/mol. The van der Waals surface area contributed by atoms with Crippen LogP contribution in [0.3, 0.4) is 0 Å². The van der Waals surface area contributed by atoms with Crippen molar-refractivity contribution in [3.63, 3.8) is 0 Å². The summed E-state index contributed by atoms with van der Waals surface area (Å²) in [4.78, 5) is 12.7. The van der Waals surface area contributed by atoms with Gasteiger partial charge in [-0.25, -0.2) is 0 Å². The quantitative estimate of drug-likeness (QED) is 0.769. The Balaban J connectivity index is 0.00000312. The Hall–Kier alpha value is -2.17. The van der Waals surface area contributed by atoms with Crippen LogP contribution in [0.4, 0.5) is 5.69 Å². The van der Waals surface area contributed by atoms with Crippen molar-refractivity contribution in [3.8, 4) is 0 Å². The molecule has 4 heteroatoms. The first-order valence-corrected chi connectivity index (χ1v) is 8.75. The SMILES string of the molecule is CC[N+](CC)(CC(=O)Nc1c(C)cccc1C)Cc1ccccc1.[OH-]. The molecule has 0 aliphatic heterocycles. The van der Waals surface area contributed by atoms with Gasteiger partial charge in [-0.05, 0) is 38.8 Å². The Morgan fingerprint density at radius 2 is 1.48 bits per heavy atom. The second kappa shape index (κ2) is 9.35. The Morgan fingerprint density at radius 3 is 2.00 bits per heavy atom. The predicted octanol–water partition coefficient (Wildman–Crippen LogP) is 4.12. The smallest absolute Gasteiger partial charge is 0.279 e. The number of hydrogen-bond acceptors (Lipinski definition) is 2. The molecule has 4 nitrogen and oxygen atoms in total. The van der Waals surface area contributed by atoms with Gasteiger partial charge in [0.1, 0.15) is 6.54 Å². The highest BCUT2D eigenvalue weighted by Crippen LogP contribution is 2.20. The third-order valence-corrected chi connectivity index (χ3v) is 4.93. The maximum atomic E-state index is 12.7. The molecule has 0 aromatic heterocycles. The average molecular weight is 342 g/mol. The molecule has 0 spiro atoms. The Morgan fingerprint density at radius 1 is 0.920 bits per heavy atom. The third kappa shape index (κ3) is 5.41. The van der Waals surface area contributed by atoms with Gasteiger partial charge in [0, 0.05) is 11.3 Å². The van der Waals surface area contributed by atoms with Gasteiger partial charge in [-0.3, -0.25) is 4.79 Å². The number of quaternary nitrogens is 1. The molecule has 0 aliphatic rings. The highest BCUT2D eigenvalue weighted by Gasteiger charge is 2.27. The summed E-state index contributed by atoms with van der Waals surface area (Å²) in [5.41, 5.74) is 4.45. The lowest BCUT2D eigenvalue weighted by Gasteiger charge is -2.36. The predicted molar refractivity (Wildman–Crippen MR) is 103 cm³/mol. The number of aryl methyl sites for hydroxylation is 2. The molecule has 136 valence electrons. The molecular formula is C21H30N2O2. The van der Waals surface area contributed by atoms with Gasteiger partial charge < -0.3 is 15.3 Å². The number of carbonyl (C=O) groups is 1. The van der Waals surface area contributed by atoms with Crippen LogP contribution in [0.5, 0.6) is 0 Å². The number of nitrogens with one attached hydrogen (secondary N) is 1. The number of hydrogen-bond donors (Lipinski definition) is 1. The van der Waals surface area contributed by atoms with Crippen LogP contribution in [-0.4, -0.2) is 35.5 Å². The fraction of sp³-hybridized carbons (Fsp3) is 0.381. The lowest BCUT2D eigenvalue weighted by molar-refractivity contribution is -0.930. The summed E-state index contributed by atoms with van der Waals surface area (Å²) >= 11 is 0. The first-order valence-electron chi connectivity index (χ1n) is 8.75. The molecular weight excluding hydrogens is 312 g/mol. The zero-order valence-electron chi connectivity index (χ0n) is 15.7. The maximum Gasteiger partial charge on any atom is 0.279 e. The number of anilines is 1. The minimum absolute atomic E-state index is 0. The molecule has 0 fully saturated rings. The summed E-state index contributed by atoms with van der Waals surface area (Å²) in [7, 11) is 0. The molecule has 0 bridgehead atoms. The lowest BCUT2D eigenvalue weighted by Crippen LogP contribution is -2.51. The number of nitrogens with zero attached hydrogens (tertiary/aromatic N) is 1. The highest BCUT2D eigenvalue weighted by atomic mass is 16.2. The van der Waals surface area contributed by atoms with E-state index in [1.54, 1.807) is 0 Å². The first-order chi connectivity index (χ1) is 11.5. The van der Waals surface area contributed by atoms with Crippen molar-refractivity contribution in [1.29, 1.82) is 0 Å². The van der Waals surface area contributed by atoms with Crippen LogP contribution in [-0.2, 0) is 11.3 Å². The number of likely N-dealkylation sites (N-methyl/N-ethyl adjacent to an activating group) is 1. The zero-order valence-corrected chi connectivity index (χ0v) is 15.7. The van der Waals surface area contributed by atoms with E-state index in [1.165, 1.54) is 5.56 Å². The van der Waals surface area contributed by atoms with Crippen LogP contribution >= 0.6 is 0 Å². The number of para-hydroxylation sites is 1. The molecule has 0 heterocycles. The molecule has 2 N–H and O–H groups in total. The van der Waals surface area contributed by atoms with Gasteiger partial charge in [0.25, 0.3) is 5.91 Å². The van der Waals surface area contributed by atoms with Crippen molar-refractivity contribution < 1.29 is 14.8 Å². The van der Waals surface area contributed by atoms with E-state index in [4.69, 9.17) is 0 Å². The summed E-state index contributed by atoms with van der Waals surface area (Å²) in [6, 6.07) is 16.5. The van der Waals surface area contributed by atoms with Gasteiger partial charge >= 0.3 is 0 Å². The van der Waals surface area contributed by atoms with E-state index in [2.05, 4.69) is 43.4 Å². The van der Waals surface area contributed by atoms with Gasteiger partial charge in [-0.15, -0.1) is 0 Å². The lowest BCUT2D eigenvalue weighted by atomic mass is 10.1. The van der Waals surface area contributed by atoms with Crippen molar-refractivity contribution in [1.82, 2.24) is 0 Å². The van der Waals surface area contributed by atoms with Gasteiger partial charge in [0.05, 0.1) is 13.1 Å². The molecule has 1 amide bonds. The topological polar surface area (TPSA) is 59.1 Å². The maximum absolute atomic E-state index is 12.7. The second-order valence-electron chi connectivity index (χ2n) is 6.59. The van der Waals surface area contributed by atoms with E-state index in [9.17, 15) is 4.79 Å². The molecule has 25 heavy (non-hydrogen) atoms. The average Bonchev–Trinajstić information content (AvgIpc) is 2.58. The molecule has 0 unspecified atom stereocenters. The van der Waals surface area contributed by atoms with Gasteiger partial charge in [-0.1, -0.05) is 48.5 Å². The van der Waals surface area contributed by atoms with Crippen molar-refractivity contribution in [2.75, 3.05) is 25.0 Å². The minimum Gasteiger partial charge on any atom is -0.870 e. The summed E-state index contributed by atoms with van der Waals surface area (Å²) in [6.07, 6.45) is 0. The fourth-order valence-corrected chi connectivity index (χ4v) is 3.19. The van der Waals surface area contributed by atoms with Gasteiger partial charge in [-0.2, -0.15) is 0 Å². The molecule has 0 atom stereocenters. The third-order valence-electron chi connectivity index (χ3n) is 4.93. The Labute approximate surface area is 151 Å². The van der Waals surface area contributed by atoms with Crippen LogP contribution in [0.1, 0.15) is 30.5 Å². The highest BCUT2D eigenvalue weighted by molar-refractivity contribution is 5.93. The molecule has 0 aliphatic carbocycles. The zero-order chi connectivity index (χ0) is 17.6. The van der Waals surface area contributed by atoms with Gasteiger partial charge in [0.15, 0.2) is 6.54 Å². The van der Waals surface area contributed by atoms with Gasteiger partial charge in [0.2, 0.25) is 0 Å². The Bertz CT molecular complexity index is 659. The van der Waals surface area contributed by atoms with Crippen molar-refractivity contribution in [2.45, 2.75) is 34.2 Å². The van der Waals surface area contributed by atoms with Crippen LogP contribution in [0, 0.1) is 13.8 Å². The number of carbonyl (C=O) groups excluding carboxylic acids is 1. The van der Waals surface area contributed by atoms with Crippen molar-refractivity contribution >= 4 is 11.6 Å². The van der Waals surface area contributed by atoms with Crippen molar-refractivity contribution in [3.05, 3.63) is 65.2 Å². The van der Waals surface area contributed by atoms with Crippen LogP contribution < -0.4 is 5.32 Å². The molecule has 2 aromatic rings. The fourth-order valence-electron chi connectivity index (χ4n) is 3.19. The molecule has 2 rings (SSSR count). The normalized spacial score (nSPS) is 10.9. The number of amides is 1. The van der Waals surface area contributed by atoms with E-state index >= 15 is 0 Å². The number of benzene rings is 2. The standard InChI is InChI=1S/C21H28N2O.H2O/c1-5-23(6-2,15-19-13-8-7-9-14-19)16-20(24)22-21-17(3)11-10-12-18(21)4;/h7-14H,5-6,15-16H2,1-4H3;1H2. The van der Waals surface area contributed by atoms with E-state index in [1.807, 2.05) is 38.1 Å².